The molecule has 0 spiro atoms. The van der Waals surface area contributed by atoms with Crippen LogP contribution in [0.3, 0.4) is 0 Å². The fourth-order valence-corrected chi connectivity index (χ4v) is 2.22. The van der Waals surface area contributed by atoms with E-state index in [1.165, 1.54) is 12.1 Å². The highest BCUT2D eigenvalue weighted by atomic mass is 79.9. The zero-order valence-electron chi connectivity index (χ0n) is 10.8. The molecule has 0 amide bonds. The summed E-state index contributed by atoms with van der Waals surface area (Å²) in [5.74, 6) is 0.375. The zero-order valence-corrected chi connectivity index (χ0v) is 13.2. The molecule has 0 fully saturated rings. The molecule has 2 N–H and O–H groups in total. The van der Waals surface area contributed by atoms with E-state index in [2.05, 4.69) is 15.9 Å². The Balaban J connectivity index is 2.18. The van der Waals surface area contributed by atoms with Gasteiger partial charge >= 0.3 is 0 Å². The summed E-state index contributed by atoms with van der Waals surface area (Å²) in [6.07, 6.45) is 0. The third-order valence-corrected chi connectivity index (χ3v) is 3.52. The molecule has 2 rings (SSSR count). The van der Waals surface area contributed by atoms with E-state index < -0.39 is 0 Å². The lowest BCUT2D eigenvalue weighted by molar-refractivity contribution is 0.303. The third kappa shape index (κ3) is 3.77. The van der Waals surface area contributed by atoms with E-state index in [-0.39, 0.29) is 17.4 Å². The van der Waals surface area contributed by atoms with Crippen molar-refractivity contribution >= 4 is 33.1 Å². The highest BCUT2D eigenvalue weighted by Gasteiger charge is 2.05. The molecular formula is C15H13BrFNOS. The molecule has 0 unspecified atom stereocenters. The molecule has 0 aromatic heterocycles. The number of hydrogen-bond acceptors (Lipinski definition) is 2. The maximum Gasteiger partial charge on any atom is 0.124 e. The van der Waals surface area contributed by atoms with E-state index in [1.54, 1.807) is 6.07 Å². The molecule has 0 aliphatic carbocycles. The van der Waals surface area contributed by atoms with Crippen molar-refractivity contribution < 1.29 is 9.13 Å². The minimum absolute atomic E-state index is 0.171. The number of aryl methyl sites for hydroxylation is 1. The number of ether oxygens (including phenoxy) is 1. The Morgan fingerprint density at radius 1 is 1.30 bits per heavy atom. The Labute approximate surface area is 130 Å². The topological polar surface area (TPSA) is 35.2 Å². The van der Waals surface area contributed by atoms with Crippen LogP contribution in [0.15, 0.2) is 40.9 Å². The van der Waals surface area contributed by atoms with Gasteiger partial charge in [-0.3, -0.25) is 0 Å². The van der Waals surface area contributed by atoms with Crippen LogP contribution in [0.5, 0.6) is 5.75 Å². The Morgan fingerprint density at radius 3 is 2.75 bits per heavy atom. The standard InChI is InChI=1S/C15H13BrFNOS/c1-9-2-3-12(16)7-14(9)19-8-10-4-11(15(18)20)6-13(17)5-10/h2-7H,8H2,1H3,(H2,18,20). The van der Waals surface area contributed by atoms with Gasteiger partial charge in [-0.25, -0.2) is 4.39 Å². The van der Waals surface area contributed by atoms with Crippen molar-refractivity contribution in [1.82, 2.24) is 0 Å². The smallest absolute Gasteiger partial charge is 0.124 e. The molecule has 0 bridgehead atoms. The number of halogens is 2. The number of benzene rings is 2. The van der Waals surface area contributed by atoms with E-state index in [0.717, 1.165) is 15.8 Å². The second-order valence-corrected chi connectivity index (χ2v) is 5.77. The van der Waals surface area contributed by atoms with Gasteiger partial charge in [-0.15, -0.1) is 0 Å². The maximum atomic E-state index is 13.5. The van der Waals surface area contributed by atoms with E-state index in [4.69, 9.17) is 22.7 Å². The monoisotopic (exact) mass is 353 g/mol. The molecule has 0 atom stereocenters. The number of rotatable bonds is 4. The first-order valence-corrected chi connectivity index (χ1v) is 7.14. The molecule has 0 saturated heterocycles. The van der Waals surface area contributed by atoms with Crippen molar-refractivity contribution in [2.24, 2.45) is 5.73 Å². The normalized spacial score (nSPS) is 10.3. The summed E-state index contributed by atoms with van der Waals surface area (Å²) in [6, 6.07) is 10.2. The van der Waals surface area contributed by atoms with Crippen LogP contribution in [-0.4, -0.2) is 4.99 Å². The van der Waals surface area contributed by atoms with Crippen molar-refractivity contribution in [3.63, 3.8) is 0 Å². The van der Waals surface area contributed by atoms with E-state index >= 15 is 0 Å². The second-order valence-electron chi connectivity index (χ2n) is 4.41. The largest absolute Gasteiger partial charge is 0.489 e. The summed E-state index contributed by atoms with van der Waals surface area (Å²) in [6.45, 7) is 2.21. The molecular weight excluding hydrogens is 341 g/mol. The van der Waals surface area contributed by atoms with Gasteiger partial charge in [0.1, 0.15) is 23.2 Å². The molecule has 20 heavy (non-hydrogen) atoms. The Kier molecular flexibility index (Phi) is 4.73. The van der Waals surface area contributed by atoms with Gasteiger partial charge in [0.05, 0.1) is 0 Å². The molecule has 2 aromatic carbocycles. The van der Waals surface area contributed by atoms with Crippen molar-refractivity contribution in [2.75, 3.05) is 0 Å². The number of hydrogen-bond donors (Lipinski definition) is 1. The Morgan fingerprint density at radius 2 is 2.05 bits per heavy atom. The van der Waals surface area contributed by atoms with Crippen molar-refractivity contribution in [1.29, 1.82) is 0 Å². The van der Waals surface area contributed by atoms with Crippen molar-refractivity contribution in [2.45, 2.75) is 13.5 Å². The van der Waals surface area contributed by atoms with Crippen LogP contribution >= 0.6 is 28.1 Å². The average Bonchev–Trinajstić information content (AvgIpc) is 2.39. The highest BCUT2D eigenvalue weighted by Crippen LogP contribution is 2.24. The van der Waals surface area contributed by atoms with Crippen molar-refractivity contribution in [3.8, 4) is 5.75 Å². The fourth-order valence-electron chi connectivity index (χ4n) is 1.77. The van der Waals surface area contributed by atoms with Gasteiger partial charge in [0.15, 0.2) is 0 Å². The van der Waals surface area contributed by atoms with Crippen molar-refractivity contribution in [3.05, 3.63) is 63.4 Å². The molecule has 0 aliphatic rings. The molecule has 0 heterocycles. The molecule has 2 aromatic rings. The predicted octanol–water partition coefficient (Wildman–Crippen LogP) is 4.11. The average molecular weight is 354 g/mol. The van der Waals surface area contributed by atoms with E-state index in [0.29, 0.717) is 11.1 Å². The lowest BCUT2D eigenvalue weighted by Gasteiger charge is -2.10. The molecule has 0 saturated carbocycles. The lowest BCUT2D eigenvalue weighted by atomic mass is 10.1. The number of thiocarbonyl (C=S) groups is 1. The summed E-state index contributed by atoms with van der Waals surface area (Å²) in [4.78, 5) is 0.171. The van der Waals surface area contributed by atoms with Gasteiger partial charge in [-0.2, -0.15) is 0 Å². The van der Waals surface area contributed by atoms with Crippen LogP contribution < -0.4 is 10.5 Å². The van der Waals surface area contributed by atoms with Gasteiger partial charge in [0.2, 0.25) is 0 Å². The van der Waals surface area contributed by atoms with E-state index in [9.17, 15) is 4.39 Å². The lowest BCUT2D eigenvalue weighted by Crippen LogP contribution is -2.10. The molecule has 2 nitrogen and oxygen atoms in total. The van der Waals surface area contributed by atoms with Crippen LogP contribution in [0.25, 0.3) is 0 Å². The molecule has 0 radical (unpaired) electrons. The summed E-state index contributed by atoms with van der Waals surface area (Å²) in [5.41, 5.74) is 7.73. The van der Waals surface area contributed by atoms with Gasteiger partial charge in [-0.1, -0.05) is 34.2 Å². The minimum atomic E-state index is -0.375. The Hall–Kier alpha value is -1.46. The van der Waals surface area contributed by atoms with Crippen LogP contribution in [-0.2, 0) is 6.61 Å². The van der Waals surface area contributed by atoms with Crippen LogP contribution in [0, 0.1) is 12.7 Å². The summed E-state index contributed by atoms with van der Waals surface area (Å²) >= 11 is 8.25. The molecule has 104 valence electrons. The molecule has 0 aliphatic heterocycles. The SMILES string of the molecule is Cc1ccc(Br)cc1OCc1cc(F)cc(C(N)=S)c1. The summed E-state index contributed by atoms with van der Waals surface area (Å²) in [5, 5.41) is 0. The summed E-state index contributed by atoms with van der Waals surface area (Å²) < 4.78 is 20.1. The van der Waals surface area contributed by atoms with Gasteiger partial charge in [0, 0.05) is 10.0 Å². The first-order chi connectivity index (χ1) is 9.45. The van der Waals surface area contributed by atoms with Crippen LogP contribution in [0.2, 0.25) is 0 Å². The zero-order chi connectivity index (χ0) is 14.7. The van der Waals surface area contributed by atoms with Gasteiger partial charge < -0.3 is 10.5 Å². The minimum Gasteiger partial charge on any atom is -0.489 e. The first-order valence-electron chi connectivity index (χ1n) is 5.94. The fraction of sp³-hybridized carbons (Fsp3) is 0.133. The van der Waals surface area contributed by atoms with Gasteiger partial charge in [-0.05, 0) is 48.4 Å². The maximum absolute atomic E-state index is 13.5. The molecule has 5 heteroatoms. The third-order valence-electron chi connectivity index (χ3n) is 2.79. The second kappa shape index (κ2) is 6.33. The van der Waals surface area contributed by atoms with E-state index in [1.807, 2.05) is 25.1 Å². The predicted molar refractivity (Wildman–Crippen MR) is 85.5 cm³/mol. The van der Waals surface area contributed by atoms with Gasteiger partial charge in [0.25, 0.3) is 0 Å². The van der Waals surface area contributed by atoms with Crippen LogP contribution in [0.4, 0.5) is 4.39 Å². The Bertz CT molecular complexity index is 660. The quantitative estimate of drug-likeness (QED) is 0.840. The number of nitrogens with two attached hydrogens (primary N) is 1. The highest BCUT2D eigenvalue weighted by molar-refractivity contribution is 9.10. The first kappa shape index (κ1) is 14.9. The van der Waals surface area contributed by atoms with Crippen LogP contribution in [0.1, 0.15) is 16.7 Å². The summed E-state index contributed by atoms with van der Waals surface area (Å²) in [7, 11) is 0.